The number of H-pyrrole nitrogens is 1. The van der Waals surface area contributed by atoms with Gasteiger partial charge in [0.1, 0.15) is 19.3 Å². The van der Waals surface area contributed by atoms with Crippen LogP contribution in [0, 0.1) is 5.82 Å². The molecule has 0 aliphatic carbocycles. The Morgan fingerprint density at radius 1 is 0.971 bits per heavy atom. The quantitative estimate of drug-likeness (QED) is 0.458. The summed E-state index contributed by atoms with van der Waals surface area (Å²) in [4.78, 5) is 37.6. The normalized spacial score (nSPS) is 16.3. The summed E-state index contributed by atoms with van der Waals surface area (Å²) in [5.74, 6) is -2.29. The number of benzene rings is 2. The number of aliphatic hydroxyl groups excluding tert-OH is 1. The molecular weight excluding hydrogens is 447 g/mol. The highest BCUT2D eigenvalue weighted by molar-refractivity contribution is 5.89. The number of cyclic esters (lactones) is 1. The van der Waals surface area contributed by atoms with Gasteiger partial charge in [0.2, 0.25) is 11.6 Å². The zero-order valence-electron chi connectivity index (χ0n) is 17.8. The average molecular weight is 468 g/mol. The molecule has 1 aliphatic rings. The number of carbonyl (C=O) groups is 1. The fourth-order valence-electron chi connectivity index (χ4n) is 3.36. The van der Waals surface area contributed by atoms with Crippen molar-refractivity contribution < 1.29 is 28.5 Å². The monoisotopic (exact) mass is 468 g/mol. The van der Waals surface area contributed by atoms with Crippen LogP contribution < -0.4 is 11.2 Å². The number of aromatic nitrogens is 2. The molecule has 176 valence electrons. The standard InChI is InChI=1S/C24H21FN2O7/c25-17-11-27(24(31)26-22(17)29)12-18(28)19-20(32-13-15-7-3-1-4-8-15)21(23(30)34-19)33-14-16-9-5-2-6-10-16/h1-11,18-19,28H,12-14H2,(H,26,29,31)/t18-,19+/m0/s1. The van der Waals surface area contributed by atoms with E-state index < -0.39 is 41.8 Å². The number of halogens is 1. The Bertz CT molecular complexity index is 1300. The number of hydrogen-bond donors (Lipinski definition) is 2. The number of carbonyl (C=O) groups excluding carboxylic acids is 1. The maximum Gasteiger partial charge on any atom is 0.378 e. The van der Waals surface area contributed by atoms with Crippen molar-refractivity contribution in [1.82, 2.24) is 9.55 Å². The van der Waals surface area contributed by atoms with E-state index >= 15 is 0 Å². The minimum absolute atomic E-state index is 0.0461. The van der Waals surface area contributed by atoms with E-state index in [1.807, 2.05) is 60.7 Å². The van der Waals surface area contributed by atoms with E-state index in [1.165, 1.54) is 0 Å². The lowest BCUT2D eigenvalue weighted by Gasteiger charge is -2.21. The lowest BCUT2D eigenvalue weighted by Crippen LogP contribution is -2.39. The average Bonchev–Trinajstić information content (AvgIpc) is 3.16. The molecule has 9 nitrogen and oxygen atoms in total. The number of nitrogens with zero attached hydrogens (tertiary/aromatic N) is 1. The topological polar surface area (TPSA) is 120 Å². The second-order valence-electron chi connectivity index (χ2n) is 7.52. The number of esters is 1. The predicted molar refractivity (Wildman–Crippen MR) is 117 cm³/mol. The molecule has 0 radical (unpaired) electrons. The Balaban J connectivity index is 1.59. The van der Waals surface area contributed by atoms with Crippen LogP contribution in [-0.4, -0.2) is 32.8 Å². The predicted octanol–water partition coefficient (Wildman–Crippen LogP) is 1.61. The van der Waals surface area contributed by atoms with Crippen LogP contribution in [0.1, 0.15) is 11.1 Å². The maximum atomic E-state index is 13.6. The molecular formula is C24H21FN2O7. The molecule has 0 fully saturated rings. The molecule has 2 atom stereocenters. The lowest BCUT2D eigenvalue weighted by molar-refractivity contribution is -0.148. The van der Waals surface area contributed by atoms with Crippen LogP contribution in [0.3, 0.4) is 0 Å². The Hall–Kier alpha value is -4.18. The van der Waals surface area contributed by atoms with Crippen molar-refractivity contribution in [3.8, 4) is 0 Å². The summed E-state index contributed by atoms with van der Waals surface area (Å²) in [6.07, 6.45) is -2.15. The molecule has 10 heteroatoms. The fraction of sp³-hybridized carbons (Fsp3) is 0.208. The van der Waals surface area contributed by atoms with Crippen LogP contribution in [0.25, 0.3) is 0 Å². The first kappa shape index (κ1) is 23.0. The van der Waals surface area contributed by atoms with Crippen LogP contribution in [0.4, 0.5) is 4.39 Å². The molecule has 0 unspecified atom stereocenters. The summed E-state index contributed by atoms with van der Waals surface area (Å²) in [6.45, 7) is -0.368. The van der Waals surface area contributed by atoms with E-state index in [0.29, 0.717) is 6.20 Å². The molecule has 1 aromatic heterocycles. The SMILES string of the molecule is O=C1O[C@H]([C@@H](O)Cn2cc(F)c(=O)[nH]c2=O)C(OCc2ccccc2)=C1OCc1ccccc1. The Morgan fingerprint density at radius 3 is 2.18 bits per heavy atom. The first-order chi connectivity index (χ1) is 16.4. The molecule has 2 aromatic carbocycles. The number of ether oxygens (including phenoxy) is 3. The van der Waals surface area contributed by atoms with Gasteiger partial charge in [-0.05, 0) is 11.1 Å². The van der Waals surface area contributed by atoms with Gasteiger partial charge in [-0.2, -0.15) is 4.39 Å². The Kier molecular flexibility index (Phi) is 6.88. The van der Waals surface area contributed by atoms with Gasteiger partial charge in [0, 0.05) is 0 Å². The van der Waals surface area contributed by atoms with Gasteiger partial charge in [-0.15, -0.1) is 0 Å². The minimum atomic E-state index is -1.50. The Labute approximate surface area is 192 Å². The van der Waals surface area contributed by atoms with Gasteiger partial charge >= 0.3 is 11.7 Å². The molecule has 2 N–H and O–H groups in total. The van der Waals surface area contributed by atoms with Gasteiger partial charge in [-0.1, -0.05) is 60.7 Å². The number of nitrogens with one attached hydrogen (secondary N) is 1. The molecule has 34 heavy (non-hydrogen) atoms. The van der Waals surface area contributed by atoms with E-state index in [4.69, 9.17) is 14.2 Å². The lowest BCUT2D eigenvalue weighted by atomic mass is 10.1. The maximum absolute atomic E-state index is 13.6. The van der Waals surface area contributed by atoms with Crippen LogP contribution >= 0.6 is 0 Å². The van der Waals surface area contributed by atoms with Gasteiger partial charge in [0.15, 0.2) is 11.9 Å². The van der Waals surface area contributed by atoms with E-state index in [0.717, 1.165) is 15.7 Å². The highest BCUT2D eigenvalue weighted by atomic mass is 19.1. The second kappa shape index (κ2) is 10.2. The molecule has 0 spiro atoms. The molecule has 0 bridgehead atoms. The van der Waals surface area contributed by atoms with E-state index in [2.05, 4.69) is 0 Å². The van der Waals surface area contributed by atoms with Gasteiger partial charge < -0.3 is 19.3 Å². The van der Waals surface area contributed by atoms with Crippen molar-refractivity contribution in [2.75, 3.05) is 0 Å². The van der Waals surface area contributed by atoms with Crippen LogP contribution in [-0.2, 0) is 38.8 Å². The number of aliphatic hydroxyl groups is 1. The molecule has 2 heterocycles. The van der Waals surface area contributed by atoms with Crippen molar-refractivity contribution in [3.05, 3.63) is 116 Å². The number of aromatic amines is 1. The first-order valence-corrected chi connectivity index (χ1v) is 10.4. The zero-order valence-corrected chi connectivity index (χ0v) is 17.8. The fourth-order valence-corrected chi connectivity index (χ4v) is 3.36. The highest BCUT2D eigenvalue weighted by Gasteiger charge is 2.42. The number of rotatable bonds is 9. The van der Waals surface area contributed by atoms with E-state index in [-0.39, 0.29) is 24.7 Å². The van der Waals surface area contributed by atoms with Gasteiger partial charge in [0.05, 0.1) is 12.7 Å². The summed E-state index contributed by atoms with van der Waals surface area (Å²) < 4.78 is 31.2. The van der Waals surface area contributed by atoms with Crippen LogP contribution in [0.5, 0.6) is 0 Å². The van der Waals surface area contributed by atoms with Crippen LogP contribution in [0.15, 0.2) is 88.0 Å². The molecule has 0 saturated carbocycles. The molecule has 1 aliphatic heterocycles. The largest absolute Gasteiger partial charge is 0.485 e. The minimum Gasteiger partial charge on any atom is -0.485 e. The summed E-state index contributed by atoms with van der Waals surface area (Å²) in [6, 6.07) is 18.2. The third-order valence-corrected chi connectivity index (χ3v) is 5.07. The van der Waals surface area contributed by atoms with Crippen molar-refractivity contribution in [2.45, 2.75) is 32.0 Å². The van der Waals surface area contributed by atoms with Crippen LogP contribution in [0.2, 0.25) is 0 Å². The van der Waals surface area contributed by atoms with E-state index in [1.54, 1.807) is 4.98 Å². The molecule has 0 amide bonds. The molecule has 3 aromatic rings. The van der Waals surface area contributed by atoms with Crippen molar-refractivity contribution in [2.24, 2.45) is 0 Å². The highest BCUT2D eigenvalue weighted by Crippen LogP contribution is 2.29. The van der Waals surface area contributed by atoms with Gasteiger partial charge in [-0.3, -0.25) is 14.3 Å². The summed E-state index contributed by atoms with van der Waals surface area (Å²) in [5.41, 5.74) is -0.508. The third-order valence-electron chi connectivity index (χ3n) is 5.07. The smallest absolute Gasteiger partial charge is 0.378 e. The van der Waals surface area contributed by atoms with E-state index in [9.17, 15) is 23.9 Å². The van der Waals surface area contributed by atoms with Gasteiger partial charge in [-0.25, -0.2) is 9.59 Å². The zero-order chi connectivity index (χ0) is 24.1. The van der Waals surface area contributed by atoms with Crippen molar-refractivity contribution >= 4 is 5.97 Å². The van der Waals surface area contributed by atoms with Crippen molar-refractivity contribution in [1.29, 1.82) is 0 Å². The summed E-state index contributed by atoms with van der Waals surface area (Å²) in [7, 11) is 0. The first-order valence-electron chi connectivity index (χ1n) is 10.4. The summed E-state index contributed by atoms with van der Waals surface area (Å²) >= 11 is 0. The number of hydrogen-bond acceptors (Lipinski definition) is 7. The third kappa shape index (κ3) is 5.24. The molecule has 4 rings (SSSR count). The summed E-state index contributed by atoms with van der Waals surface area (Å²) in [5, 5.41) is 10.8. The molecule has 0 saturated heterocycles. The second-order valence-corrected chi connectivity index (χ2v) is 7.52. The van der Waals surface area contributed by atoms with Crippen molar-refractivity contribution in [3.63, 3.8) is 0 Å². The van der Waals surface area contributed by atoms with Gasteiger partial charge in [0.25, 0.3) is 5.56 Å². The Morgan fingerprint density at radius 2 is 1.56 bits per heavy atom.